The van der Waals surface area contributed by atoms with Crippen molar-refractivity contribution in [1.82, 2.24) is 5.32 Å². The van der Waals surface area contributed by atoms with Gasteiger partial charge in [-0.3, -0.25) is 0 Å². The number of rotatable bonds is 5. The van der Waals surface area contributed by atoms with Crippen molar-refractivity contribution in [2.24, 2.45) is 0 Å². The largest absolute Gasteiger partial charge is 0.309 e. The molecule has 1 heteroatoms. The molecule has 0 heterocycles. The minimum absolute atomic E-state index is 0.296. The molecule has 0 bridgehead atoms. The lowest BCUT2D eigenvalue weighted by Crippen LogP contribution is -2.22. The zero-order chi connectivity index (χ0) is 12.0. The van der Waals surface area contributed by atoms with E-state index in [0.717, 1.165) is 19.4 Å². The summed E-state index contributed by atoms with van der Waals surface area (Å²) in [5.41, 5.74) is 3.95. The fourth-order valence-electron chi connectivity index (χ4n) is 1.86. The molecule has 1 nitrogen and oxygen atoms in total. The van der Waals surface area contributed by atoms with Crippen LogP contribution in [0.4, 0.5) is 0 Å². The Kier molecular flexibility index (Phi) is 5.08. The Morgan fingerprint density at radius 2 is 2.12 bits per heavy atom. The van der Waals surface area contributed by atoms with E-state index in [1.807, 2.05) is 0 Å². The number of nitrogens with one attached hydrogen (secondary N) is 1. The Morgan fingerprint density at radius 1 is 1.38 bits per heavy atom. The normalized spacial score (nSPS) is 12.1. The molecular weight excluding hydrogens is 194 g/mol. The molecule has 86 valence electrons. The molecular formula is C15H21N. The van der Waals surface area contributed by atoms with Gasteiger partial charge in [0.2, 0.25) is 0 Å². The topological polar surface area (TPSA) is 12.0 Å². The summed E-state index contributed by atoms with van der Waals surface area (Å²) in [6.07, 6.45) is 7.32. The van der Waals surface area contributed by atoms with E-state index >= 15 is 0 Å². The summed E-state index contributed by atoms with van der Waals surface area (Å²) >= 11 is 0. The van der Waals surface area contributed by atoms with Crippen molar-refractivity contribution in [3.05, 3.63) is 34.9 Å². The third-order valence-electron chi connectivity index (χ3n) is 2.77. The minimum Gasteiger partial charge on any atom is -0.309 e. The second kappa shape index (κ2) is 6.35. The van der Waals surface area contributed by atoms with Crippen LogP contribution in [0.15, 0.2) is 18.2 Å². The number of terminal acetylenes is 1. The number of aryl methyl sites for hydroxylation is 2. The Labute approximate surface area is 99.3 Å². The van der Waals surface area contributed by atoms with Gasteiger partial charge in [0.05, 0.1) is 0 Å². The van der Waals surface area contributed by atoms with Gasteiger partial charge in [0.1, 0.15) is 0 Å². The zero-order valence-corrected chi connectivity index (χ0v) is 10.5. The van der Waals surface area contributed by atoms with Crippen molar-refractivity contribution in [2.45, 2.75) is 39.7 Å². The van der Waals surface area contributed by atoms with Gasteiger partial charge in [0.15, 0.2) is 0 Å². The maximum absolute atomic E-state index is 5.44. The first kappa shape index (κ1) is 12.8. The first-order valence-corrected chi connectivity index (χ1v) is 5.93. The van der Waals surface area contributed by atoms with Crippen molar-refractivity contribution in [2.75, 3.05) is 6.54 Å². The molecule has 0 fully saturated rings. The maximum atomic E-state index is 5.44. The molecule has 1 atom stereocenters. The van der Waals surface area contributed by atoms with Crippen LogP contribution in [0, 0.1) is 26.2 Å². The molecule has 0 radical (unpaired) electrons. The summed E-state index contributed by atoms with van der Waals surface area (Å²) in [4.78, 5) is 0. The number of benzene rings is 1. The smallest absolute Gasteiger partial charge is 0.0433 e. The Balaban J connectivity index is 2.91. The van der Waals surface area contributed by atoms with Gasteiger partial charge in [-0.15, -0.1) is 12.3 Å². The molecule has 0 aliphatic carbocycles. The van der Waals surface area contributed by atoms with Crippen LogP contribution in [0.2, 0.25) is 0 Å². The van der Waals surface area contributed by atoms with Gasteiger partial charge in [0, 0.05) is 12.5 Å². The van der Waals surface area contributed by atoms with E-state index in [2.05, 4.69) is 50.2 Å². The van der Waals surface area contributed by atoms with Crippen LogP contribution in [0.25, 0.3) is 0 Å². The van der Waals surface area contributed by atoms with Crippen LogP contribution >= 0.6 is 0 Å². The van der Waals surface area contributed by atoms with Gasteiger partial charge in [-0.05, 0) is 37.9 Å². The van der Waals surface area contributed by atoms with E-state index in [-0.39, 0.29) is 0 Å². The summed E-state index contributed by atoms with van der Waals surface area (Å²) in [6, 6.07) is 6.85. The molecule has 0 aliphatic rings. The summed E-state index contributed by atoms with van der Waals surface area (Å²) in [6.45, 7) is 7.45. The summed E-state index contributed by atoms with van der Waals surface area (Å²) in [7, 11) is 0. The molecule has 16 heavy (non-hydrogen) atoms. The van der Waals surface area contributed by atoms with Crippen LogP contribution in [0.5, 0.6) is 0 Å². The van der Waals surface area contributed by atoms with E-state index in [1.165, 1.54) is 16.7 Å². The lowest BCUT2D eigenvalue weighted by molar-refractivity contribution is 0.540. The van der Waals surface area contributed by atoms with E-state index in [1.54, 1.807) is 0 Å². The molecule has 0 saturated heterocycles. The second-order valence-corrected chi connectivity index (χ2v) is 4.28. The molecule has 1 aromatic rings. The molecule has 1 aromatic carbocycles. The molecule has 1 N–H and O–H groups in total. The highest BCUT2D eigenvalue weighted by Crippen LogP contribution is 2.21. The van der Waals surface area contributed by atoms with Crippen LogP contribution in [0.3, 0.4) is 0 Å². The predicted molar refractivity (Wildman–Crippen MR) is 70.4 cm³/mol. The van der Waals surface area contributed by atoms with Gasteiger partial charge in [-0.25, -0.2) is 0 Å². The minimum atomic E-state index is 0.296. The van der Waals surface area contributed by atoms with E-state index in [4.69, 9.17) is 6.42 Å². The molecule has 0 aromatic heterocycles. The van der Waals surface area contributed by atoms with Gasteiger partial charge in [-0.1, -0.05) is 30.7 Å². The van der Waals surface area contributed by atoms with Gasteiger partial charge in [-0.2, -0.15) is 0 Å². The van der Waals surface area contributed by atoms with Gasteiger partial charge >= 0.3 is 0 Å². The maximum Gasteiger partial charge on any atom is 0.0433 e. The van der Waals surface area contributed by atoms with Crippen molar-refractivity contribution < 1.29 is 0 Å². The third kappa shape index (κ3) is 3.40. The molecule has 0 saturated carbocycles. The fraction of sp³-hybridized carbons (Fsp3) is 0.467. The first-order valence-electron chi connectivity index (χ1n) is 5.93. The van der Waals surface area contributed by atoms with E-state index in [9.17, 15) is 0 Å². The SMILES string of the molecule is C#CCC(NCCC)c1cc(C)ccc1C. The predicted octanol–water partition coefficient (Wildman–Crippen LogP) is 3.37. The Bertz CT molecular complexity index is 374. The van der Waals surface area contributed by atoms with Crippen LogP contribution in [-0.2, 0) is 0 Å². The van der Waals surface area contributed by atoms with Crippen molar-refractivity contribution in [3.63, 3.8) is 0 Å². The number of hydrogen-bond acceptors (Lipinski definition) is 1. The Hall–Kier alpha value is -1.26. The Morgan fingerprint density at radius 3 is 2.75 bits per heavy atom. The monoisotopic (exact) mass is 215 g/mol. The fourth-order valence-corrected chi connectivity index (χ4v) is 1.86. The quantitative estimate of drug-likeness (QED) is 0.743. The summed E-state index contributed by atoms with van der Waals surface area (Å²) in [5, 5.41) is 3.51. The molecule has 0 amide bonds. The highest BCUT2D eigenvalue weighted by Gasteiger charge is 2.11. The van der Waals surface area contributed by atoms with Gasteiger partial charge in [0.25, 0.3) is 0 Å². The van der Waals surface area contributed by atoms with Crippen LogP contribution in [-0.4, -0.2) is 6.54 Å². The third-order valence-corrected chi connectivity index (χ3v) is 2.77. The van der Waals surface area contributed by atoms with Crippen molar-refractivity contribution in [1.29, 1.82) is 0 Å². The van der Waals surface area contributed by atoms with Crippen LogP contribution < -0.4 is 5.32 Å². The number of hydrogen-bond donors (Lipinski definition) is 1. The first-order chi connectivity index (χ1) is 7.69. The van der Waals surface area contributed by atoms with E-state index in [0.29, 0.717) is 6.04 Å². The molecule has 1 rings (SSSR count). The van der Waals surface area contributed by atoms with E-state index < -0.39 is 0 Å². The second-order valence-electron chi connectivity index (χ2n) is 4.28. The summed E-state index contributed by atoms with van der Waals surface area (Å²) < 4.78 is 0. The highest BCUT2D eigenvalue weighted by molar-refractivity contribution is 5.33. The van der Waals surface area contributed by atoms with Gasteiger partial charge < -0.3 is 5.32 Å². The van der Waals surface area contributed by atoms with Crippen LogP contribution in [0.1, 0.15) is 42.5 Å². The lowest BCUT2D eigenvalue weighted by atomic mass is 9.97. The zero-order valence-electron chi connectivity index (χ0n) is 10.5. The molecule has 0 spiro atoms. The van der Waals surface area contributed by atoms with Crippen molar-refractivity contribution in [3.8, 4) is 12.3 Å². The standard InChI is InChI=1S/C15H21N/c1-5-7-15(16-10-6-2)14-11-12(3)8-9-13(14)4/h1,8-9,11,15-16H,6-7,10H2,2-4H3. The average molecular weight is 215 g/mol. The average Bonchev–Trinajstić information content (AvgIpc) is 2.28. The molecule has 0 aliphatic heterocycles. The molecule has 1 unspecified atom stereocenters. The van der Waals surface area contributed by atoms with Crippen molar-refractivity contribution >= 4 is 0 Å². The lowest BCUT2D eigenvalue weighted by Gasteiger charge is -2.19. The highest BCUT2D eigenvalue weighted by atomic mass is 14.9. The summed E-state index contributed by atoms with van der Waals surface area (Å²) in [5.74, 6) is 2.76.